The van der Waals surface area contributed by atoms with E-state index >= 15 is 0 Å². The van der Waals surface area contributed by atoms with E-state index in [1.165, 1.54) is 20.5 Å². The summed E-state index contributed by atoms with van der Waals surface area (Å²) in [5, 5.41) is 7.03. The van der Waals surface area contributed by atoms with Crippen molar-refractivity contribution in [3.8, 4) is 0 Å². The second-order valence-corrected chi connectivity index (χ2v) is 6.98. The molecule has 0 fully saturated rings. The average molecular weight is 308 g/mol. The minimum absolute atomic E-state index is 0.227. The highest BCUT2D eigenvalue weighted by atomic mass is 35.5. The lowest BCUT2D eigenvalue weighted by molar-refractivity contribution is 0.644. The van der Waals surface area contributed by atoms with Crippen molar-refractivity contribution in [3.63, 3.8) is 0 Å². The second kappa shape index (κ2) is 5.63. The molecule has 0 bridgehead atoms. The average Bonchev–Trinajstić information content (AvgIpc) is 3.04. The minimum atomic E-state index is 0.227. The molecular weight excluding hydrogens is 294 g/mol. The van der Waals surface area contributed by atoms with Gasteiger partial charge in [-0.3, -0.25) is 0 Å². The molecule has 4 heteroatoms. The van der Waals surface area contributed by atoms with Crippen molar-refractivity contribution >= 4 is 44.4 Å². The topological polar surface area (TPSA) is 12.0 Å². The minimum Gasteiger partial charge on any atom is -0.306 e. The Kier molecular flexibility index (Phi) is 3.89. The molecule has 0 aliphatic heterocycles. The van der Waals surface area contributed by atoms with Crippen LogP contribution >= 0.6 is 34.3 Å². The number of hydrogen-bond acceptors (Lipinski definition) is 3. The first-order valence-electron chi connectivity index (χ1n) is 6.24. The highest BCUT2D eigenvalue weighted by Crippen LogP contribution is 2.36. The number of nitrogens with one attached hydrogen (secondary N) is 1. The fraction of sp³-hybridized carbons (Fsp3) is 0.200. The zero-order valence-corrected chi connectivity index (χ0v) is 12.9. The fourth-order valence-corrected chi connectivity index (χ4v) is 4.40. The van der Waals surface area contributed by atoms with E-state index in [0.717, 1.165) is 10.9 Å². The third-order valence-electron chi connectivity index (χ3n) is 3.11. The summed E-state index contributed by atoms with van der Waals surface area (Å²) in [4.78, 5) is 1.27. The predicted octanol–water partition coefficient (Wildman–Crippen LogP) is 5.32. The number of fused-ring (bicyclic) bond motifs is 1. The van der Waals surface area contributed by atoms with Crippen LogP contribution < -0.4 is 5.32 Å². The Hall–Kier alpha value is -0.870. The third-order valence-corrected chi connectivity index (χ3v) is 5.38. The van der Waals surface area contributed by atoms with Crippen LogP contribution in [-0.4, -0.2) is 6.54 Å². The SMILES string of the molecule is CCNC(c1ccc(Cl)s1)c1cccc2ccsc12. The van der Waals surface area contributed by atoms with Gasteiger partial charge in [-0.05, 0) is 41.1 Å². The predicted molar refractivity (Wildman–Crippen MR) is 86.7 cm³/mol. The summed E-state index contributed by atoms with van der Waals surface area (Å²) in [6.45, 7) is 3.07. The first-order chi connectivity index (χ1) is 9.29. The van der Waals surface area contributed by atoms with E-state index in [9.17, 15) is 0 Å². The summed E-state index contributed by atoms with van der Waals surface area (Å²) in [5.74, 6) is 0. The summed E-state index contributed by atoms with van der Waals surface area (Å²) in [5.41, 5.74) is 1.34. The van der Waals surface area contributed by atoms with E-state index in [1.54, 1.807) is 22.7 Å². The molecule has 98 valence electrons. The fourth-order valence-electron chi connectivity index (χ4n) is 2.29. The molecule has 1 aromatic carbocycles. The number of hydrogen-bond donors (Lipinski definition) is 1. The van der Waals surface area contributed by atoms with E-state index in [1.807, 2.05) is 6.07 Å². The molecule has 1 atom stereocenters. The van der Waals surface area contributed by atoms with Crippen LogP contribution in [0.1, 0.15) is 23.4 Å². The van der Waals surface area contributed by atoms with Gasteiger partial charge in [0.1, 0.15) is 0 Å². The van der Waals surface area contributed by atoms with Crippen molar-refractivity contribution in [2.45, 2.75) is 13.0 Å². The molecule has 3 aromatic rings. The number of thiophene rings is 2. The Bertz CT molecular complexity index is 686. The summed E-state index contributed by atoms with van der Waals surface area (Å²) >= 11 is 9.53. The van der Waals surface area contributed by atoms with E-state index in [2.05, 4.69) is 48.0 Å². The van der Waals surface area contributed by atoms with Crippen molar-refractivity contribution in [2.75, 3.05) is 6.54 Å². The van der Waals surface area contributed by atoms with Gasteiger partial charge in [0.25, 0.3) is 0 Å². The normalized spacial score (nSPS) is 12.9. The Morgan fingerprint density at radius 2 is 2.11 bits per heavy atom. The monoisotopic (exact) mass is 307 g/mol. The molecule has 0 saturated carbocycles. The van der Waals surface area contributed by atoms with Crippen LogP contribution in [0, 0.1) is 0 Å². The lowest BCUT2D eigenvalue weighted by atomic mass is 10.0. The van der Waals surface area contributed by atoms with E-state index in [0.29, 0.717) is 0 Å². The lowest BCUT2D eigenvalue weighted by Crippen LogP contribution is -2.21. The van der Waals surface area contributed by atoms with Crippen LogP contribution in [0.15, 0.2) is 41.8 Å². The summed E-state index contributed by atoms with van der Waals surface area (Å²) in [7, 11) is 0. The quantitative estimate of drug-likeness (QED) is 0.688. The van der Waals surface area contributed by atoms with Crippen LogP contribution in [0.5, 0.6) is 0 Å². The molecule has 0 saturated heterocycles. The molecule has 0 amide bonds. The van der Waals surface area contributed by atoms with Crippen LogP contribution in [0.4, 0.5) is 0 Å². The smallest absolute Gasteiger partial charge is 0.0931 e. The zero-order chi connectivity index (χ0) is 13.2. The number of benzene rings is 1. The van der Waals surface area contributed by atoms with Gasteiger partial charge in [0.15, 0.2) is 0 Å². The van der Waals surface area contributed by atoms with E-state index in [-0.39, 0.29) is 6.04 Å². The summed E-state index contributed by atoms with van der Waals surface area (Å²) < 4.78 is 2.20. The molecule has 2 aromatic heterocycles. The molecule has 2 heterocycles. The van der Waals surface area contributed by atoms with Crippen molar-refractivity contribution < 1.29 is 0 Å². The van der Waals surface area contributed by atoms with Gasteiger partial charge in [0.05, 0.1) is 10.4 Å². The van der Waals surface area contributed by atoms with Crippen LogP contribution in [0.2, 0.25) is 4.34 Å². The standard InChI is InChI=1S/C15H14ClNS2/c1-2-17-14(12-6-7-13(16)19-12)11-5-3-4-10-8-9-18-15(10)11/h3-9,14,17H,2H2,1H3. The van der Waals surface area contributed by atoms with Crippen LogP contribution in [-0.2, 0) is 0 Å². The molecule has 0 aliphatic rings. The van der Waals surface area contributed by atoms with Gasteiger partial charge in [-0.15, -0.1) is 22.7 Å². The number of halogens is 1. The van der Waals surface area contributed by atoms with Gasteiger partial charge in [0.2, 0.25) is 0 Å². The first-order valence-corrected chi connectivity index (χ1v) is 8.31. The van der Waals surface area contributed by atoms with Gasteiger partial charge in [-0.2, -0.15) is 0 Å². The van der Waals surface area contributed by atoms with Crippen molar-refractivity contribution in [3.05, 3.63) is 56.6 Å². The molecule has 0 spiro atoms. The Balaban J connectivity index is 2.11. The van der Waals surface area contributed by atoms with Gasteiger partial charge < -0.3 is 5.32 Å². The molecule has 1 nitrogen and oxygen atoms in total. The molecule has 3 rings (SSSR count). The largest absolute Gasteiger partial charge is 0.306 e. The third kappa shape index (κ3) is 2.56. The van der Waals surface area contributed by atoms with Gasteiger partial charge in [0, 0.05) is 9.58 Å². The maximum atomic E-state index is 6.08. The molecule has 1 unspecified atom stereocenters. The van der Waals surface area contributed by atoms with E-state index < -0.39 is 0 Å². The second-order valence-electron chi connectivity index (χ2n) is 4.32. The van der Waals surface area contributed by atoms with Crippen LogP contribution in [0.25, 0.3) is 10.1 Å². The highest BCUT2D eigenvalue weighted by Gasteiger charge is 2.17. The van der Waals surface area contributed by atoms with Crippen molar-refractivity contribution in [2.24, 2.45) is 0 Å². The summed E-state index contributed by atoms with van der Waals surface area (Å²) in [6.07, 6.45) is 0. The molecule has 0 aliphatic carbocycles. The lowest BCUT2D eigenvalue weighted by Gasteiger charge is -2.17. The van der Waals surface area contributed by atoms with Crippen molar-refractivity contribution in [1.29, 1.82) is 0 Å². The van der Waals surface area contributed by atoms with Gasteiger partial charge in [-0.1, -0.05) is 36.7 Å². The van der Waals surface area contributed by atoms with Crippen molar-refractivity contribution in [1.82, 2.24) is 5.32 Å². The molecule has 19 heavy (non-hydrogen) atoms. The molecular formula is C15H14ClNS2. The highest BCUT2D eigenvalue weighted by molar-refractivity contribution is 7.17. The first kappa shape index (κ1) is 13.1. The van der Waals surface area contributed by atoms with Crippen LogP contribution in [0.3, 0.4) is 0 Å². The Labute approximate surface area is 125 Å². The summed E-state index contributed by atoms with van der Waals surface area (Å²) in [6, 6.07) is 13.0. The van der Waals surface area contributed by atoms with E-state index in [4.69, 9.17) is 11.6 Å². The van der Waals surface area contributed by atoms with Gasteiger partial charge in [-0.25, -0.2) is 0 Å². The zero-order valence-electron chi connectivity index (χ0n) is 10.5. The van der Waals surface area contributed by atoms with Gasteiger partial charge >= 0.3 is 0 Å². The Morgan fingerprint density at radius 3 is 2.84 bits per heavy atom. The maximum Gasteiger partial charge on any atom is 0.0931 e. The Morgan fingerprint density at radius 1 is 1.21 bits per heavy atom. The maximum absolute atomic E-state index is 6.08. The molecule has 1 N–H and O–H groups in total. The molecule has 0 radical (unpaired) electrons. The number of rotatable bonds is 4.